The molecule has 1 saturated heterocycles. The summed E-state index contributed by atoms with van der Waals surface area (Å²) >= 11 is 0. The van der Waals surface area contributed by atoms with Crippen LogP contribution in [0.15, 0.2) is 54.9 Å². The molecule has 3 aromatic rings. The summed E-state index contributed by atoms with van der Waals surface area (Å²) in [7, 11) is 2.07. The Hall–Kier alpha value is -3.19. The maximum Gasteiger partial charge on any atom is 0.253 e. The van der Waals surface area contributed by atoms with Gasteiger partial charge in [-0.25, -0.2) is 4.98 Å². The van der Waals surface area contributed by atoms with Gasteiger partial charge in [0.2, 0.25) is 5.91 Å². The molecule has 1 atom stereocenters. The van der Waals surface area contributed by atoms with Crippen LogP contribution in [0.4, 0.5) is 0 Å². The molecule has 7 nitrogen and oxygen atoms in total. The van der Waals surface area contributed by atoms with E-state index in [0.29, 0.717) is 12.1 Å². The number of nitrogens with zero attached hydrogens (tertiary/aromatic N) is 4. The molecule has 1 aliphatic heterocycles. The van der Waals surface area contributed by atoms with Gasteiger partial charge in [0.25, 0.3) is 5.91 Å². The Labute approximate surface area is 176 Å². The number of aromatic nitrogens is 2. The fraction of sp³-hybridized carbons (Fsp3) is 0.348. The molecule has 0 aliphatic carbocycles. The number of imidazole rings is 1. The van der Waals surface area contributed by atoms with Crippen molar-refractivity contribution in [1.82, 2.24) is 24.7 Å². The molecule has 0 spiro atoms. The smallest absolute Gasteiger partial charge is 0.253 e. The molecule has 2 aromatic carbocycles. The number of hydrogen-bond donors (Lipinski definition) is 1. The van der Waals surface area contributed by atoms with Crippen LogP contribution in [0.5, 0.6) is 0 Å². The average molecular weight is 406 g/mol. The summed E-state index contributed by atoms with van der Waals surface area (Å²) in [6.07, 6.45) is 1.70. The Morgan fingerprint density at radius 1 is 1.03 bits per heavy atom. The molecule has 2 amide bonds. The van der Waals surface area contributed by atoms with Crippen molar-refractivity contribution in [1.29, 1.82) is 0 Å². The lowest BCUT2D eigenvalue weighted by atomic mass is 10.1. The third-order valence-electron chi connectivity index (χ3n) is 5.74. The SMILES string of the molecule is CC(C(=O)NCc1ccc(C(=O)N2CCN(C)CC2)cc1)n1cnc2ccccc21. The Morgan fingerprint density at radius 2 is 1.73 bits per heavy atom. The molecule has 0 radical (unpaired) electrons. The van der Waals surface area contributed by atoms with E-state index < -0.39 is 0 Å². The highest BCUT2D eigenvalue weighted by atomic mass is 16.2. The van der Waals surface area contributed by atoms with Gasteiger partial charge in [0.1, 0.15) is 6.04 Å². The summed E-state index contributed by atoms with van der Waals surface area (Å²) in [4.78, 5) is 33.8. The highest BCUT2D eigenvalue weighted by Crippen LogP contribution is 2.17. The molecule has 1 aromatic heterocycles. The van der Waals surface area contributed by atoms with E-state index in [-0.39, 0.29) is 17.9 Å². The molecular weight excluding hydrogens is 378 g/mol. The molecule has 1 N–H and O–H groups in total. The fourth-order valence-electron chi connectivity index (χ4n) is 3.71. The number of nitrogens with one attached hydrogen (secondary N) is 1. The molecule has 7 heteroatoms. The van der Waals surface area contributed by atoms with Crippen LogP contribution < -0.4 is 5.32 Å². The van der Waals surface area contributed by atoms with Crippen molar-refractivity contribution >= 4 is 22.8 Å². The lowest BCUT2D eigenvalue weighted by Crippen LogP contribution is -2.47. The van der Waals surface area contributed by atoms with E-state index in [1.807, 2.05) is 64.9 Å². The number of carbonyl (C=O) groups excluding carboxylic acids is 2. The van der Waals surface area contributed by atoms with Crippen molar-refractivity contribution in [3.05, 3.63) is 66.0 Å². The van der Waals surface area contributed by atoms with Gasteiger partial charge in [0, 0.05) is 38.3 Å². The first-order valence-corrected chi connectivity index (χ1v) is 10.3. The molecule has 1 unspecified atom stereocenters. The number of benzene rings is 2. The van der Waals surface area contributed by atoms with Crippen molar-refractivity contribution in [3.63, 3.8) is 0 Å². The first-order chi connectivity index (χ1) is 14.5. The number of carbonyl (C=O) groups is 2. The summed E-state index contributed by atoms with van der Waals surface area (Å²) in [5.41, 5.74) is 3.46. The van der Waals surface area contributed by atoms with Crippen LogP contribution in [-0.2, 0) is 11.3 Å². The topological polar surface area (TPSA) is 70.5 Å². The maximum absolute atomic E-state index is 12.6. The lowest BCUT2D eigenvalue weighted by Gasteiger charge is -2.32. The Bertz CT molecular complexity index is 1040. The zero-order valence-corrected chi connectivity index (χ0v) is 17.4. The largest absolute Gasteiger partial charge is 0.350 e. The zero-order valence-electron chi connectivity index (χ0n) is 17.4. The van der Waals surface area contributed by atoms with Gasteiger partial charge in [-0.3, -0.25) is 9.59 Å². The quantitative estimate of drug-likeness (QED) is 0.707. The summed E-state index contributed by atoms with van der Waals surface area (Å²) in [6, 6.07) is 14.9. The molecule has 1 fully saturated rings. The number of piperazine rings is 1. The van der Waals surface area contributed by atoms with Crippen LogP contribution in [0.2, 0.25) is 0 Å². The van der Waals surface area contributed by atoms with E-state index in [2.05, 4.69) is 22.2 Å². The standard InChI is InChI=1S/C23H27N5O2/c1-17(28-16-25-20-5-3-4-6-21(20)28)22(29)24-15-18-7-9-19(10-8-18)23(30)27-13-11-26(2)12-14-27/h3-10,16-17H,11-15H2,1-2H3,(H,24,29). The summed E-state index contributed by atoms with van der Waals surface area (Å²) in [5.74, 6) is -0.00460. The van der Waals surface area contributed by atoms with Crippen molar-refractivity contribution < 1.29 is 9.59 Å². The molecule has 4 rings (SSSR count). The van der Waals surface area contributed by atoms with Crippen LogP contribution >= 0.6 is 0 Å². The Kier molecular flexibility index (Phi) is 5.81. The van der Waals surface area contributed by atoms with E-state index in [1.54, 1.807) is 6.33 Å². The minimum absolute atomic E-state index is 0.0688. The van der Waals surface area contributed by atoms with Gasteiger partial charge >= 0.3 is 0 Å². The monoisotopic (exact) mass is 405 g/mol. The van der Waals surface area contributed by atoms with Gasteiger partial charge in [-0.1, -0.05) is 24.3 Å². The third kappa shape index (κ3) is 4.21. The fourth-order valence-corrected chi connectivity index (χ4v) is 3.71. The second-order valence-corrected chi connectivity index (χ2v) is 7.83. The molecular formula is C23H27N5O2. The average Bonchev–Trinajstić information content (AvgIpc) is 3.21. The molecule has 0 saturated carbocycles. The number of rotatable bonds is 5. The summed E-state index contributed by atoms with van der Waals surface area (Å²) < 4.78 is 1.88. The van der Waals surface area contributed by atoms with Crippen molar-refractivity contribution in [2.45, 2.75) is 19.5 Å². The van der Waals surface area contributed by atoms with Crippen LogP contribution in [0, 0.1) is 0 Å². The Morgan fingerprint density at radius 3 is 2.47 bits per heavy atom. The third-order valence-corrected chi connectivity index (χ3v) is 5.74. The van der Waals surface area contributed by atoms with Crippen molar-refractivity contribution in [2.75, 3.05) is 33.2 Å². The van der Waals surface area contributed by atoms with Crippen molar-refractivity contribution in [3.8, 4) is 0 Å². The van der Waals surface area contributed by atoms with Gasteiger partial charge in [-0.15, -0.1) is 0 Å². The Balaban J connectivity index is 1.34. The van der Waals surface area contributed by atoms with Crippen LogP contribution in [0.3, 0.4) is 0 Å². The minimum Gasteiger partial charge on any atom is -0.350 e. The zero-order chi connectivity index (χ0) is 21.1. The molecule has 30 heavy (non-hydrogen) atoms. The van der Waals surface area contributed by atoms with E-state index >= 15 is 0 Å². The first kappa shape index (κ1) is 20.1. The predicted octanol–water partition coefficient (Wildman–Crippen LogP) is 2.30. The first-order valence-electron chi connectivity index (χ1n) is 10.3. The van der Waals surface area contributed by atoms with Crippen molar-refractivity contribution in [2.24, 2.45) is 0 Å². The highest BCUT2D eigenvalue weighted by molar-refractivity contribution is 5.94. The van der Waals surface area contributed by atoms with Gasteiger partial charge in [0.15, 0.2) is 0 Å². The van der Waals surface area contributed by atoms with Gasteiger partial charge in [0.05, 0.1) is 17.4 Å². The second kappa shape index (κ2) is 8.67. The van der Waals surface area contributed by atoms with E-state index in [0.717, 1.165) is 42.8 Å². The second-order valence-electron chi connectivity index (χ2n) is 7.83. The summed E-state index contributed by atoms with van der Waals surface area (Å²) in [6.45, 7) is 5.60. The highest BCUT2D eigenvalue weighted by Gasteiger charge is 2.20. The van der Waals surface area contributed by atoms with Gasteiger partial charge in [-0.05, 0) is 43.8 Å². The van der Waals surface area contributed by atoms with Crippen LogP contribution in [0.1, 0.15) is 28.9 Å². The maximum atomic E-state index is 12.6. The molecule has 156 valence electrons. The predicted molar refractivity (Wildman–Crippen MR) is 116 cm³/mol. The number of likely N-dealkylation sites (N-methyl/N-ethyl adjacent to an activating group) is 1. The van der Waals surface area contributed by atoms with E-state index in [1.165, 1.54) is 0 Å². The number of amides is 2. The minimum atomic E-state index is -0.365. The van der Waals surface area contributed by atoms with E-state index in [9.17, 15) is 9.59 Å². The normalized spacial score (nSPS) is 15.9. The molecule has 1 aliphatic rings. The van der Waals surface area contributed by atoms with E-state index in [4.69, 9.17) is 0 Å². The summed E-state index contributed by atoms with van der Waals surface area (Å²) in [5, 5.41) is 2.98. The number of para-hydroxylation sites is 2. The van der Waals surface area contributed by atoms with Gasteiger partial charge < -0.3 is 19.7 Å². The molecule has 2 heterocycles. The van der Waals surface area contributed by atoms with Crippen LogP contribution in [0.25, 0.3) is 11.0 Å². The lowest BCUT2D eigenvalue weighted by molar-refractivity contribution is -0.123. The van der Waals surface area contributed by atoms with Gasteiger partial charge in [-0.2, -0.15) is 0 Å². The number of hydrogen-bond acceptors (Lipinski definition) is 4. The number of fused-ring (bicyclic) bond motifs is 1. The van der Waals surface area contributed by atoms with Crippen LogP contribution in [-0.4, -0.2) is 64.4 Å². The molecule has 0 bridgehead atoms.